The monoisotopic (exact) mass is 294 g/mol. The van der Waals surface area contributed by atoms with Crippen LogP contribution in [-0.4, -0.2) is 32.1 Å². The Kier molecular flexibility index (Phi) is 4.49. The Balaban J connectivity index is 1.99. The van der Waals surface area contributed by atoms with Crippen LogP contribution in [0.5, 0.6) is 0 Å². The highest BCUT2D eigenvalue weighted by molar-refractivity contribution is 5.71. The first-order chi connectivity index (χ1) is 10.6. The Morgan fingerprint density at radius 3 is 1.91 bits per heavy atom. The van der Waals surface area contributed by atoms with Gasteiger partial charge < -0.3 is 9.80 Å². The molecular formula is C20H26N2. The van der Waals surface area contributed by atoms with Gasteiger partial charge in [-0.2, -0.15) is 0 Å². The molecule has 2 aromatic carbocycles. The SMILES string of the molecule is C[C@@H](CN(C)C)CN1c2ccccc2CCc2ccccc21. The van der Waals surface area contributed by atoms with Gasteiger partial charge in [-0.1, -0.05) is 43.3 Å². The molecule has 0 amide bonds. The second-order valence-corrected chi connectivity index (χ2v) is 6.74. The molecule has 0 aromatic heterocycles. The lowest BCUT2D eigenvalue weighted by atomic mass is 10.0. The maximum absolute atomic E-state index is 2.53. The Morgan fingerprint density at radius 2 is 1.41 bits per heavy atom. The summed E-state index contributed by atoms with van der Waals surface area (Å²) < 4.78 is 0. The minimum atomic E-state index is 0.620. The molecule has 1 heterocycles. The number of para-hydroxylation sites is 2. The van der Waals surface area contributed by atoms with Crippen LogP contribution < -0.4 is 4.90 Å². The zero-order chi connectivity index (χ0) is 15.5. The highest BCUT2D eigenvalue weighted by Gasteiger charge is 2.21. The summed E-state index contributed by atoms with van der Waals surface area (Å²) in [6.07, 6.45) is 2.26. The van der Waals surface area contributed by atoms with Gasteiger partial charge in [0.05, 0.1) is 0 Å². The third-order valence-electron chi connectivity index (χ3n) is 4.40. The van der Waals surface area contributed by atoms with Crippen molar-refractivity contribution in [2.45, 2.75) is 19.8 Å². The first kappa shape index (κ1) is 15.1. The van der Waals surface area contributed by atoms with Crippen molar-refractivity contribution in [3.05, 3.63) is 59.7 Å². The molecule has 1 aliphatic rings. The lowest BCUT2D eigenvalue weighted by molar-refractivity contribution is 0.343. The second-order valence-electron chi connectivity index (χ2n) is 6.74. The molecule has 0 saturated heterocycles. The quantitative estimate of drug-likeness (QED) is 0.837. The molecule has 0 spiro atoms. The topological polar surface area (TPSA) is 6.48 Å². The molecule has 1 aliphatic heterocycles. The van der Waals surface area contributed by atoms with Crippen molar-refractivity contribution in [2.24, 2.45) is 5.92 Å². The molecule has 1 atom stereocenters. The van der Waals surface area contributed by atoms with E-state index in [2.05, 4.69) is 79.3 Å². The molecule has 0 bridgehead atoms. The molecule has 0 unspecified atom stereocenters. The highest BCUT2D eigenvalue weighted by atomic mass is 15.2. The maximum Gasteiger partial charge on any atom is 0.0443 e. The van der Waals surface area contributed by atoms with Crippen molar-refractivity contribution >= 4 is 11.4 Å². The van der Waals surface area contributed by atoms with Gasteiger partial charge in [0.25, 0.3) is 0 Å². The van der Waals surface area contributed by atoms with Gasteiger partial charge in [-0.15, -0.1) is 0 Å². The average molecular weight is 294 g/mol. The molecule has 2 heteroatoms. The van der Waals surface area contributed by atoms with Crippen LogP contribution in [0, 0.1) is 5.92 Å². The van der Waals surface area contributed by atoms with Crippen LogP contribution >= 0.6 is 0 Å². The van der Waals surface area contributed by atoms with Crippen LogP contribution in [0.2, 0.25) is 0 Å². The van der Waals surface area contributed by atoms with E-state index in [0.29, 0.717) is 5.92 Å². The number of nitrogens with zero attached hydrogens (tertiary/aromatic N) is 2. The number of benzene rings is 2. The molecule has 0 fully saturated rings. The summed E-state index contributed by atoms with van der Waals surface area (Å²) in [5, 5.41) is 0. The van der Waals surface area contributed by atoms with Crippen molar-refractivity contribution in [3.63, 3.8) is 0 Å². The van der Waals surface area contributed by atoms with E-state index < -0.39 is 0 Å². The van der Waals surface area contributed by atoms with Crippen LogP contribution in [-0.2, 0) is 12.8 Å². The van der Waals surface area contributed by atoms with Gasteiger partial charge in [0.1, 0.15) is 0 Å². The zero-order valence-corrected chi connectivity index (χ0v) is 13.9. The highest BCUT2D eigenvalue weighted by Crippen LogP contribution is 2.36. The van der Waals surface area contributed by atoms with Gasteiger partial charge in [0.2, 0.25) is 0 Å². The molecular weight excluding hydrogens is 268 g/mol. The van der Waals surface area contributed by atoms with Gasteiger partial charge in [0.15, 0.2) is 0 Å². The Bertz CT molecular complexity index is 586. The number of rotatable bonds is 4. The van der Waals surface area contributed by atoms with E-state index in [1.165, 1.54) is 22.5 Å². The van der Waals surface area contributed by atoms with Crippen LogP contribution in [0.3, 0.4) is 0 Å². The summed E-state index contributed by atoms with van der Waals surface area (Å²) in [6, 6.07) is 17.8. The van der Waals surface area contributed by atoms with Crippen molar-refractivity contribution in [2.75, 3.05) is 32.1 Å². The predicted molar refractivity (Wildman–Crippen MR) is 95.0 cm³/mol. The van der Waals surface area contributed by atoms with Crippen molar-refractivity contribution in [3.8, 4) is 0 Å². The second kappa shape index (κ2) is 6.53. The number of aryl methyl sites for hydroxylation is 2. The maximum atomic E-state index is 2.53. The summed E-state index contributed by atoms with van der Waals surface area (Å²) in [7, 11) is 4.31. The van der Waals surface area contributed by atoms with E-state index >= 15 is 0 Å². The van der Waals surface area contributed by atoms with E-state index in [-0.39, 0.29) is 0 Å². The summed E-state index contributed by atoms with van der Waals surface area (Å²) in [6.45, 7) is 4.52. The Labute approximate surface area is 134 Å². The standard InChI is InChI=1S/C20H26N2/c1-16(14-21(2)3)15-22-19-10-6-4-8-17(19)12-13-18-9-5-7-11-20(18)22/h4-11,16H,12-15H2,1-3H3/t16-/m0/s1. The minimum absolute atomic E-state index is 0.620. The third-order valence-corrected chi connectivity index (χ3v) is 4.40. The van der Waals surface area contributed by atoms with Crippen molar-refractivity contribution in [1.82, 2.24) is 4.90 Å². The smallest absolute Gasteiger partial charge is 0.0443 e. The fourth-order valence-corrected chi connectivity index (χ4v) is 3.56. The minimum Gasteiger partial charge on any atom is -0.341 e. The van der Waals surface area contributed by atoms with Crippen LogP contribution in [0.4, 0.5) is 11.4 Å². The lowest BCUT2D eigenvalue weighted by Gasteiger charge is -2.30. The molecule has 0 radical (unpaired) electrons. The Hall–Kier alpha value is -1.80. The average Bonchev–Trinajstić information content (AvgIpc) is 2.65. The van der Waals surface area contributed by atoms with Gasteiger partial charge in [-0.3, -0.25) is 0 Å². The number of hydrogen-bond donors (Lipinski definition) is 0. The zero-order valence-electron chi connectivity index (χ0n) is 13.9. The first-order valence-electron chi connectivity index (χ1n) is 8.23. The molecule has 0 saturated carbocycles. The normalized spacial score (nSPS) is 15.2. The van der Waals surface area contributed by atoms with Crippen LogP contribution in [0.1, 0.15) is 18.1 Å². The van der Waals surface area contributed by atoms with Crippen molar-refractivity contribution in [1.29, 1.82) is 0 Å². The largest absolute Gasteiger partial charge is 0.341 e. The third kappa shape index (κ3) is 3.17. The molecule has 116 valence electrons. The number of fused-ring (bicyclic) bond motifs is 2. The number of hydrogen-bond acceptors (Lipinski definition) is 2. The molecule has 22 heavy (non-hydrogen) atoms. The summed E-state index contributed by atoms with van der Waals surface area (Å²) in [5.74, 6) is 0.620. The van der Waals surface area contributed by atoms with E-state index in [4.69, 9.17) is 0 Å². The lowest BCUT2D eigenvalue weighted by Crippen LogP contribution is -2.30. The van der Waals surface area contributed by atoms with Gasteiger partial charge in [-0.25, -0.2) is 0 Å². The molecule has 2 nitrogen and oxygen atoms in total. The van der Waals surface area contributed by atoms with E-state index in [0.717, 1.165) is 25.9 Å². The van der Waals surface area contributed by atoms with Gasteiger partial charge >= 0.3 is 0 Å². The summed E-state index contributed by atoms with van der Waals surface area (Å²) in [5.41, 5.74) is 5.71. The summed E-state index contributed by atoms with van der Waals surface area (Å²) >= 11 is 0. The molecule has 0 aliphatic carbocycles. The molecule has 3 rings (SSSR count). The van der Waals surface area contributed by atoms with Crippen LogP contribution in [0.25, 0.3) is 0 Å². The fraction of sp³-hybridized carbons (Fsp3) is 0.400. The number of anilines is 2. The van der Waals surface area contributed by atoms with Gasteiger partial charge in [-0.05, 0) is 56.1 Å². The molecule has 2 aromatic rings. The molecule has 0 N–H and O–H groups in total. The predicted octanol–water partition coefficient (Wildman–Crippen LogP) is 4.12. The van der Waals surface area contributed by atoms with E-state index in [9.17, 15) is 0 Å². The van der Waals surface area contributed by atoms with Crippen molar-refractivity contribution < 1.29 is 0 Å². The Morgan fingerprint density at radius 1 is 0.909 bits per heavy atom. The van der Waals surface area contributed by atoms with Crippen LogP contribution in [0.15, 0.2) is 48.5 Å². The fourth-order valence-electron chi connectivity index (χ4n) is 3.56. The summed E-state index contributed by atoms with van der Waals surface area (Å²) in [4.78, 5) is 4.81. The van der Waals surface area contributed by atoms with Gasteiger partial charge in [0, 0.05) is 24.5 Å². The van der Waals surface area contributed by atoms with E-state index in [1.54, 1.807) is 0 Å². The van der Waals surface area contributed by atoms with E-state index in [1.807, 2.05) is 0 Å². The first-order valence-corrected chi connectivity index (χ1v) is 8.23.